The zero-order valence-corrected chi connectivity index (χ0v) is 10.5. The Hall–Kier alpha value is -1.60. The van der Waals surface area contributed by atoms with Crippen molar-refractivity contribution in [1.82, 2.24) is 15.4 Å². The number of hydrogen-bond donors (Lipinski definition) is 2. The second kappa shape index (κ2) is 4.72. The lowest BCUT2D eigenvalue weighted by Crippen LogP contribution is -2.43. The molecule has 2 N–H and O–H groups in total. The van der Waals surface area contributed by atoms with Crippen LogP contribution in [0.1, 0.15) is 12.6 Å². The number of carbonyl (C=O) groups excluding carboxylic acids is 2. The molecule has 0 radical (unpaired) electrons. The molecule has 1 aliphatic rings. The number of carbonyl (C=O) groups is 2. The molecule has 1 aromatic rings. The van der Waals surface area contributed by atoms with Crippen LogP contribution in [0.2, 0.25) is 0 Å². The zero-order valence-electron chi connectivity index (χ0n) is 8.89. The summed E-state index contributed by atoms with van der Waals surface area (Å²) in [6.45, 7) is 1.33. The van der Waals surface area contributed by atoms with E-state index in [1.165, 1.54) is 6.92 Å². The standard InChI is InChI=1S/C10H9N3O2S2/c1-6(14)12-13-9(15)8(17-10(13)16)5-7-3-2-4-11-7/h2-5,11H,1H3,(H,12,14). The highest BCUT2D eigenvalue weighted by Gasteiger charge is 2.32. The summed E-state index contributed by atoms with van der Waals surface area (Å²) in [7, 11) is 0. The van der Waals surface area contributed by atoms with Gasteiger partial charge in [-0.05, 0) is 30.4 Å². The van der Waals surface area contributed by atoms with Crippen LogP contribution in [0.25, 0.3) is 6.08 Å². The van der Waals surface area contributed by atoms with Crippen molar-refractivity contribution in [3.63, 3.8) is 0 Å². The van der Waals surface area contributed by atoms with Crippen LogP contribution in [-0.4, -0.2) is 26.1 Å². The lowest BCUT2D eigenvalue weighted by molar-refractivity contribution is -0.131. The molecule has 88 valence electrons. The van der Waals surface area contributed by atoms with Gasteiger partial charge in [-0.1, -0.05) is 11.8 Å². The van der Waals surface area contributed by atoms with Gasteiger partial charge in [-0.15, -0.1) is 0 Å². The minimum absolute atomic E-state index is 0.315. The van der Waals surface area contributed by atoms with Gasteiger partial charge in [0.25, 0.3) is 5.91 Å². The van der Waals surface area contributed by atoms with Gasteiger partial charge in [-0.25, -0.2) is 0 Å². The van der Waals surface area contributed by atoms with Crippen molar-refractivity contribution in [3.8, 4) is 0 Å². The Morgan fingerprint density at radius 3 is 3.00 bits per heavy atom. The van der Waals surface area contributed by atoms with Gasteiger partial charge in [0.05, 0.1) is 4.91 Å². The number of nitrogens with zero attached hydrogens (tertiary/aromatic N) is 1. The highest BCUT2D eigenvalue weighted by molar-refractivity contribution is 8.26. The molecule has 0 spiro atoms. The number of aromatic amines is 1. The molecule has 0 atom stereocenters. The molecule has 1 aromatic heterocycles. The van der Waals surface area contributed by atoms with E-state index in [1.54, 1.807) is 12.3 Å². The molecule has 1 saturated heterocycles. The summed E-state index contributed by atoms with van der Waals surface area (Å²) in [6, 6.07) is 3.67. The SMILES string of the molecule is CC(=O)NN1C(=O)C(=Cc2ccc[nH]2)SC1=S. The topological polar surface area (TPSA) is 65.2 Å². The maximum absolute atomic E-state index is 11.9. The van der Waals surface area contributed by atoms with Crippen LogP contribution in [0.5, 0.6) is 0 Å². The predicted octanol–water partition coefficient (Wildman–Crippen LogP) is 1.27. The Morgan fingerprint density at radius 2 is 2.41 bits per heavy atom. The molecule has 5 nitrogen and oxygen atoms in total. The van der Waals surface area contributed by atoms with Crippen molar-refractivity contribution in [3.05, 3.63) is 28.9 Å². The summed E-state index contributed by atoms with van der Waals surface area (Å²) in [5, 5.41) is 1.08. The van der Waals surface area contributed by atoms with Crippen LogP contribution >= 0.6 is 24.0 Å². The van der Waals surface area contributed by atoms with Crippen LogP contribution in [0, 0.1) is 0 Å². The molecule has 0 aliphatic carbocycles. The predicted molar refractivity (Wildman–Crippen MR) is 69.6 cm³/mol. The van der Waals surface area contributed by atoms with Crippen molar-refractivity contribution in [2.24, 2.45) is 0 Å². The van der Waals surface area contributed by atoms with Crippen LogP contribution in [0.4, 0.5) is 0 Å². The lowest BCUT2D eigenvalue weighted by Gasteiger charge is -2.13. The number of thioether (sulfide) groups is 1. The number of rotatable bonds is 2. The molecule has 2 amide bonds. The lowest BCUT2D eigenvalue weighted by atomic mass is 10.3. The van der Waals surface area contributed by atoms with Gasteiger partial charge in [0.15, 0.2) is 4.32 Å². The average Bonchev–Trinajstić information content (AvgIpc) is 2.83. The smallest absolute Gasteiger partial charge is 0.285 e. The first-order valence-corrected chi connectivity index (χ1v) is 5.99. The monoisotopic (exact) mass is 267 g/mol. The van der Waals surface area contributed by atoms with E-state index in [2.05, 4.69) is 10.4 Å². The van der Waals surface area contributed by atoms with Gasteiger partial charge in [0, 0.05) is 18.8 Å². The van der Waals surface area contributed by atoms with Crippen LogP contribution in [0.3, 0.4) is 0 Å². The molecule has 2 rings (SSSR count). The van der Waals surface area contributed by atoms with E-state index in [0.29, 0.717) is 9.23 Å². The van der Waals surface area contributed by atoms with Gasteiger partial charge in [0.1, 0.15) is 0 Å². The Balaban J connectivity index is 2.21. The van der Waals surface area contributed by atoms with Gasteiger partial charge in [0.2, 0.25) is 5.91 Å². The van der Waals surface area contributed by atoms with Crippen molar-refractivity contribution >= 4 is 46.2 Å². The van der Waals surface area contributed by atoms with Crippen LogP contribution in [-0.2, 0) is 9.59 Å². The van der Waals surface area contributed by atoms with Gasteiger partial charge in [-0.2, -0.15) is 5.01 Å². The van der Waals surface area contributed by atoms with E-state index < -0.39 is 0 Å². The Morgan fingerprint density at radius 1 is 1.65 bits per heavy atom. The second-order valence-corrected chi connectivity index (χ2v) is 4.99. The fraction of sp³-hybridized carbons (Fsp3) is 0.100. The quantitative estimate of drug-likeness (QED) is 0.625. The molecule has 0 saturated carbocycles. The van der Waals surface area contributed by atoms with Crippen molar-refractivity contribution in [2.45, 2.75) is 6.92 Å². The normalized spacial score (nSPS) is 17.9. The largest absolute Gasteiger partial charge is 0.362 e. The van der Waals surface area contributed by atoms with E-state index in [1.807, 2.05) is 12.1 Å². The molecule has 17 heavy (non-hydrogen) atoms. The minimum atomic E-state index is -0.331. The summed E-state index contributed by atoms with van der Waals surface area (Å²) >= 11 is 6.17. The molecule has 2 heterocycles. The zero-order chi connectivity index (χ0) is 12.4. The molecular weight excluding hydrogens is 258 g/mol. The van der Waals surface area contributed by atoms with Crippen molar-refractivity contribution < 1.29 is 9.59 Å². The second-order valence-electron chi connectivity index (χ2n) is 3.31. The third kappa shape index (κ3) is 2.56. The summed E-state index contributed by atoms with van der Waals surface area (Å²) in [5.74, 6) is -0.646. The van der Waals surface area contributed by atoms with Gasteiger partial charge >= 0.3 is 0 Å². The summed E-state index contributed by atoms with van der Waals surface area (Å²) in [4.78, 5) is 26.3. The number of hydrogen-bond acceptors (Lipinski definition) is 4. The molecule has 1 aliphatic heterocycles. The highest BCUT2D eigenvalue weighted by atomic mass is 32.2. The summed E-state index contributed by atoms with van der Waals surface area (Å²) in [6.07, 6.45) is 3.46. The van der Waals surface area contributed by atoms with Crippen LogP contribution < -0.4 is 5.43 Å². The van der Waals surface area contributed by atoms with E-state index in [4.69, 9.17) is 12.2 Å². The number of aromatic nitrogens is 1. The summed E-state index contributed by atoms with van der Waals surface area (Å²) < 4.78 is 0.322. The first-order valence-electron chi connectivity index (χ1n) is 4.76. The molecule has 0 bridgehead atoms. The molecular formula is C10H9N3O2S2. The maximum Gasteiger partial charge on any atom is 0.285 e. The molecule has 0 aromatic carbocycles. The van der Waals surface area contributed by atoms with Crippen LogP contribution in [0.15, 0.2) is 23.2 Å². The fourth-order valence-electron chi connectivity index (χ4n) is 1.30. The first kappa shape index (κ1) is 11.9. The highest BCUT2D eigenvalue weighted by Crippen LogP contribution is 2.30. The molecule has 1 fully saturated rings. The summed E-state index contributed by atoms with van der Waals surface area (Å²) in [5.41, 5.74) is 3.20. The molecule has 7 heteroatoms. The number of amides is 2. The number of hydrazine groups is 1. The maximum atomic E-state index is 11.9. The van der Waals surface area contributed by atoms with Gasteiger partial charge in [-0.3, -0.25) is 15.0 Å². The van der Waals surface area contributed by atoms with E-state index in [9.17, 15) is 9.59 Å². The number of nitrogens with one attached hydrogen (secondary N) is 2. The average molecular weight is 267 g/mol. The van der Waals surface area contributed by atoms with E-state index >= 15 is 0 Å². The third-order valence-corrected chi connectivity index (χ3v) is 3.27. The van der Waals surface area contributed by atoms with Gasteiger partial charge < -0.3 is 4.98 Å². The Kier molecular flexibility index (Phi) is 3.30. The molecule has 0 unspecified atom stereocenters. The van der Waals surface area contributed by atoms with E-state index in [0.717, 1.165) is 22.5 Å². The Bertz CT molecular complexity index is 508. The van der Waals surface area contributed by atoms with Crippen molar-refractivity contribution in [1.29, 1.82) is 0 Å². The minimum Gasteiger partial charge on any atom is -0.362 e. The Labute approximate surface area is 107 Å². The first-order chi connectivity index (χ1) is 8.08. The third-order valence-electron chi connectivity index (χ3n) is 1.97. The van der Waals surface area contributed by atoms with Crippen molar-refractivity contribution in [2.75, 3.05) is 0 Å². The van der Waals surface area contributed by atoms with E-state index in [-0.39, 0.29) is 11.8 Å². The number of H-pyrrole nitrogens is 1. The number of thiocarbonyl (C=S) groups is 1. The fourth-order valence-corrected chi connectivity index (χ4v) is 2.47.